The maximum Gasteiger partial charge on any atom is 0.271 e. The molecule has 0 unspecified atom stereocenters. The number of fused-ring (bicyclic) bond motifs is 2. The van der Waals surface area contributed by atoms with E-state index in [1.54, 1.807) is 4.57 Å². The van der Waals surface area contributed by atoms with Crippen LogP contribution in [0.5, 0.6) is 0 Å². The molecule has 5 nitrogen and oxygen atoms in total. The van der Waals surface area contributed by atoms with Crippen LogP contribution in [0, 0.1) is 0 Å². The first-order valence-corrected chi connectivity index (χ1v) is 9.24. The number of pyridine rings is 1. The van der Waals surface area contributed by atoms with Gasteiger partial charge in [-0.1, -0.05) is 44.2 Å². The van der Waals surface area contributed by atoms with E-state index in [2.05, 4.69) is 0 Å². The van der Waals surface area contributed by atoms with Crippen molar-refractivity contribution in [2.45, 2.75) is 32.7 Å². The fraction of sp³-hybridized carbons (Fsp3) is 0.227. The summed E-state index contributed by atoms with van der Waals surface area (Å²) < 4.78 is 3.64. The van der Waals surface area contributed by atoms with Gasteiger partial charge in [-0.3, -0.25) is 14.2 Å². The smallest absolute Gasteiger partial charge is 0.271 e. The van der Waals surface area contributed by atoms with Gasteiger partial charge in [0.15, 0.2) is 5.65 Å². The van der Waals surface area contributed by atoms with E-state index in [-0.39, 0.29) is 22.3 Å². The summed E-state index contributed by atoms with van der Waals surface area (Å²) in [4.78, 5) is 31.6. The predicted octanol–water partition coefficient (Wildman–Crippen LogP) is 3.38. The first-order valence-electron chi connectivity index (χ1n) is 9.24. The summed E-state index contributed by atoms with van der Waals surface area (Å²) in [7, 11) is 0. The minimum atomic E-state index is -0.289. The highest BCUT2D eigenvalue weighted by atomic mass is 16.1. The normalized spacial score (nSPS) is 13.1. The van der Waals surface area contributed by atoms with Gasteiger partial charge in [0, 0.05) is 17.8 Å². The van der Waals surface area contributed by atoms with Crippen molar-refractivity contribution in [2.24, 2.45) is 0 Å². The van der Waals surface area contributed by atoms with Gasteiger partial charge in [0.1, 0.15) is 11.2 Å². The number of hydrogen-bond donors (Lipinski definition) is 0. The molecule has 0 amide bonds. The Morgan fingerprint density at radius 2 is 1.78 bits per heavy atom. The number of rotatable bonds is 2. The van der Waals surface area contributed by atoms with Gasteiger partial charge in [0.25, 0.3) is 5.56 Å². The molecule has 0 N–H and O–H groups in total. The van der Waals surface area contributed by atoms with E-state index in [1.165, 1.54) is 0 Å². The second-order valence-electron chi connectivity index (χ2n) is 7.34. The quantitative estimate of drug-likeness (QED) is 0.517. The highest BCUT2D eigenvalue weighted by Gasteiger charge is 2.24. The molecule has 27 heavy (non-hydrogen) atoms. The molecule has 1 aliphatic heterocycles. The molecule has 5 rings (SSSR count). The maximum atomic E-state index is 13.5. The van der Waals surface area contributed by atoms with Gasteiger partial charge in [-0.25, -0.2) is 4.98 Å². The van der Waals surface area contributed by atoms with E-state index >= 15 is 0 Å². The van der Waals surface area contributed by atoms with Crippen molar-refractivity contribution in [3.8, 4) is 5.69 Å². The Bertz CT molecular complexity index is 1330. The summed E-state index contributed by atoms with van der Waals surface area (Å²) in [6, 6.07) is 15.2. The van der Waals surface area contributed by atoms with Crippen LogP contribution in [0.3, 0.4) is 0 Å². The Kier molecular flexibility index (Phi) is 3.34. The van der Waals surface area contributed by atoms with Crippen molar-refractivity contribution < 1.29 is 0 Å². The molecule has 0 saturated carbocycles. The summed E-state index contributed by atoms with van der Waals surface area (Å²) in [6.45, 7) is 4.77. The van der Waals surface area contributed by atoms with Crippen LogP contribution in [-0.4, -0.2) is 14.1 Å². The number of nitrogens with zero attached hydrogens (tertiary/aromatic N) is 3. The zero-order chi connectivity index (χ0) is 18.7. The fourth-order valence-electron chi connectivity index (χ4n) is 4.12. The van der Waals surface area contributed by atoms with Crippen molar-refractivity contribution in [3.05, 3.63) is 80.5 Å². The van der Waals surface area contributed by atoms with Crippen molar-refractivity contribution in [3.63, 3.8) is 0 Å². The van der Waals surface area contributed by atoms with Crippen molar-refractivity contribution >= 4 is 21.9 Å². The molecule has 0 atom stereocenters. The van der Waals surface area contributed by atoms with Crippen LogP contribution in [0.15, 0.2) is 58.1 Å². The van der Waals surface area contributed by atoms with Crippen LogP contribution >= 0.6 is 0 Å². The molecule has 2 aromatic heterocycles. The monoisotopic (exact) mass is 357 g/mol. The molecule has 0 bridgehead atoms. The van der Waals surface area contributed by atoms with Crippen LogP contribution in [-0.2, 0) is 13.0 Å². The lowest BCUT2D eigenvalue weighted by molar-refractivity contribution is 0.707. The largest absolute Gasteiger partial charge is 0.324 e. The Morgan fingerprint density at radius 1 is 1.00 bits per heavy atom. The molecule has 3 heterocycles. The second kappa shape index (κ2) is 5.64. The van der Waals surface area contributed by atoms with E-state index in [0.717, 1.165) is 29.7 Å². The SMILES string of the molecule is CC(C)c1nc2c(c(=O)c3cccc4c3n2CC4)c(=O)n1-c1ccccc1. The molecule has 0 fully saturated rings. The molecule has 0 spiro atoms. The summed E-state index contributed by atoms with van der Waals surface area (Å²) in [5.41, 5.74) is 2.80. The van der Waals surface area contributed by atoms with Gasteiger partial charge in [0.05, 0.1) is 11.2 Å². The van der Waals surface area contributed by atoms with Crippen molar-refractivity contribution in [2.75, 3.05) is 0 Å². The van der Waals surface area contributed by atoms with Gasteiger partial charge in [-0.15, -0.1) is 0 Å². The molecule has 134 valence electrons. The van der Waals surface area contributed by atoms with Crippen LogP contribution in [0.4, 0.5) is 0 Å². The van der Waals surface area contributed by atoms with Gasteiger partial charge in [-0.2, -0.15) is 0 Å². The lowest BCUT2D eigenvalue weighted by Gasteiger charge is -2.17. The van der Waals surface area contributed by atoms with Crippen molar-refractivity contribution in [1.82, 2.24) is 14.1 Å². The molecule has 4 aromatic rings. The average Bonchev–Trinajstić information content (AvgIpc) is 3.11. The van der Waals surface area contributed by atoms with E-state index < -0.39 is 0 Å². The molecule has 2 aromatic carbocycles. The standard InChI is InChI=1S/C22H19N3O2/c1-13(2)20-23-21-17(22(27)25(20)15-8-4-3-5-9-15)19(26)16-10-6-7-14-11-12-24(21)18(14)16/h3-10,13H,11-12H2,1-2H3. The number of para-hydroxylation sites is 2. The molecule has 5 heteroatoms. The second-order valence-corrected chi connectivity index (χ2v) is 7.34. The number of aromatic nitrogens is 3. The van der Waals surface area contributed by atoms with E-state index in [4.69, 9.17) is 4.98 Å². The molecule has 0 radical (unpaired) electrons. The highest BCUT2D eigenvalue weighted by molar-refractivity contribution is 5.94. The minimum absolute atomic E-state index is 0.0394. The van der Waals surface area contributed by atoms with Gasteiger partial charge < -0.3 is 4.57 Å². The molecular weight excluding hydrogens is 338 g/mol. The van der Waals surface area contributed by atoms with E-state index in [9.17, 15) is 9.59 Å². The lowest BCUT2D eigenvalue weighted by Crippen LogP contribution is -2.30. The Labute approximate surface area is 155 Å². The summed E-state index contributed by atoms with van der Waals surface area (Å²) in [6.07, 6.45) is 0.857. The first kappa shape index (κ1) is 16.0. The van der Waals surface area contributed by atoms with Crippen molar-refractivity contribution in [1.29, 1.82) is 0 Å². The zero-order valence-corrected chi connectivity index (χ0v) is 15.3. The Hall–Kier alpha value is -3.21. The molecular formula is C22H19N3O2. The topological polar surface area (TPSA) is 56.9 Å². The third-order valence-corrected chi connectivity index (χ3v) is 5.34. The lowest BCUT2D eigenvalue weighted by atomic mass is 10.1. The summed E-state index contributed by atoms with van der Waals surface area (Å²) in [5.74, 6) is 0.711. The summed E-state index contributed by atoms with van der Waals surface area (Å²) in [5, 5.41) is 0.781. The minimum Gasteiger partial charge on any atom is -0.324 e. The zero-order valence-electron chi connectivity index (χ0n) is 15.3. The molecule has 0 saturated heterocycles. The third kappa shape index (κ3) is 2.14. The average molecular weight is 357 g/mol. The van der Waals surface area contributed by atoms with Crippen LogP contribution in [0.1, 0.15) is 31.2 Å². The van der Waals surface area contributed by atoms with E-state index in [0.29, 0.717) is 16.9 Å². The number of benzene rings is 2. The Morgan fingerprint density at radius 3 is 2.52 bits per heavy atom. The Balaban J connectivity index is 2.03. The predicted molar refractivity (Wildman–Crippen MR) is 107 cm³/mol. The van der Waals surface area contributed by atoms with Gasteiger partial charge in [-0.05, 0) is 30.2 Å². The highest BCUT2D eigenvalue weighted by Crippen LogP contribution is 2.27. The fourth-order valence-corrected chi connectivity index (χ4v) is 4.12. The van der Waals surface area contributed by atoms with Gasteiger partial charge >= 0.3 is 0 Å². The maximum absolute atomic E-state index is 13.5. The van der Waals surface area contributed by atoms with Gasteiger partial charge in [0.2, 0.25) is 5.43 Å². The number of aryl methyl sites for hydroxylation is 2. The molecule has 1 aliphatic rings. The van der Waals surface area contributed by atoms with E-state index in [1.807, 2.05) is 66.9 Å². The van der Waals surface area contributed by atoms with Crippen LogP contribution < -0.4 is 11.0 Å². The first-order chi connectivity index (χ1) is 13.1. The van der Waals surface area contributed by atoms with Crippen LogP contribution in [0.25, 0.3) is 27.6 Å². The van der Waals surface area contributed by atoms with Crippen LogP contribution in [0.2, 0.25) is 0 Å². The third-order valence-electron chi connectivity index (χ3n) is 5.34. The molecule has 0 aliphatic carbocycles. The summed E-state index contributed by atoms with van der Waals surface area (Å²) >= 11 is 0. The number of hydrogen-bond acceptors (Lipinski definition) is 3.